The van der Waals surface area contributed by atoms with E-state index in [0.29, 0.717) is 0 Å². The topological polar surface area (TPSA) is 26.3 Å². The summed E-state index contributed by atoms with van der Waals surface area (Å²) in [6.45, 7) is 2.08. The maximum Gasteiger partial charge on any atom is 0.176 e. The monoisotopic (exact) mass is 420 g/mol. The molecule has 2 aliphatic rings. The fraction of sp³-hybridized carbons (Fsp3) is 0.292. The van der Waals surface area contributed by atoms with E-state index < -0.39 is 5.41 Å². The molecule has 1 saturated carbocycles. The molecule has 1 spiro atoms. The third-order valence-corrected chi connectivity index (χ3v) is 6.78. The molecular weight excluding hydrogens is 400 g/mol. The Morgan fingerprint density at radius 3 is 2.48 bits per heavy atom. The first kappa shape index (κ1) is 17.0. The predicted molar refractivity (Wildman–Crippen MR) is 111 cm³/mol. The zero-order valence-corrected chi connectivity index (χ0v) is 16.9. The normalized spacial score (nSPS) is 20.7. The van der Waals surface area contributed by atoms with Crippen LogP contribution in [0.3, 0.4) is 0 Å². The van der Waals surface area contributed by atoms with Crippen LogP contribution < -0.4 is 4.74 Å². The third kappa shape index (κ3) is 2.48. The van der Waals surface area contributed by atoms with E-state index in [2.05, 4.69) is 47.1 Å². The van der Waals surface area contributed by atoms with Gasteiger partial charge in [-0.05, 0) is 54.5 Å². The lowest BCUT2D eigenvalue weighted by Crippen LogP contribution is -2.41. The fourth-order valence-electron chi connectivity index (χ4n) is 5.00. The van der Waals surface area contributed by atoms with E-state index in [-0.39, 0.29) is 11.9 Å². The van der Waals surface area contributed by atoms with Gasteiger partial charge >= 0.3 is 0 Å². The molecule has 3 aromatic rings. The Hall–Kier alpha value is -2.13. The van der Waals surface area contributed by atoms with Gasteiger partial charge in [-0.1, -0.05) is 65.2 Å². The largest absolute Gasteiger partial charge is 0.483 e. The Morgan fingerprint density at radius 2 is 1.74 bits per heavy atom. The van der Waals surface area contributed by atoms with Gasteiger partial charge in [0.1, 0.15) is 11.9 Å². The summed E-state index contributed by atoms with van der Waals surface area (Å²) in [7, 11) is 0. The Balaban J connectivity index is 1.77. The number of carbonyl (C=O) groups excluding carboxylic acids is 1. The van der Waals surface area contributed by atoms with Gasteiger partial charge in [-0.25, -0.2) is 0 Å². The third-order valence-electron chi connectivity index (χ3n) is 6.28. The van der Waals surface area contributed by atoms with Gasteiger partial charge in [-0.2, -0.15) is 0 Å². The second-order valence-electron chi connectivity index (χ2n) is 7.86. The highest BCUT2D eigenvalue weighted by atomic mass is 79.9. The average molecular weight is 421 g/mol. The summed E-state index contributed by atoms with van der Waals surface area (Å²) in [6.07, 6.45) is 3.73. The number of fused-ring (bicyclic) bond motifs is 3. The van der Waals surface area contributed by atoms with Crippen molar-refractivity contribution in [2.24, 2.45) is 5.41 Å². The lowest BCUT2D eigenvalue weighted by atomic mass is 9.69. The van der Waals surface area contributed by atoms with Crippen LogP contribution >= 0.6 is 15.9 Å². The fourth-order valence-corrected chi connectivity index (χ4v) is 5.41. The van der Waals surface area contributed by atoms with Crippen LogP contribution in [0.1, 0.15) is 53.3 Å². The second-order valence-corrected chi connectivity index (χ2v) is 8.78. The molecule has 27 heavy (non-hydrogen) atoms. The zero-order valence-electron chi connectivity index (χ0n) is 15.3. The van der Waals surface area contributed by atoms with Crippen molar-refractivity contribution >= 4 is 32.5 Å². The summed E-state index contributed by atoms with van der Waals surface area (Å²) in [6, 6.07) is 18.5. The van der Waals surface area contributed by atoms with Crippen LogP contribution in [0.2, 0.25) is 0 Å². The first-order valence-electron chi connectivity index (χ1n) is 9.59. The molecule has 0 saturated heterocycles. The van der Waals surface area contributed by atoms with E-state index in [4.69, 9.17) is 4.74 Å². The van der Waals surface area contributed by atoms with Gasteiger partial charge in [0.2, 0.25) is 0 Å². The number of hydrogen-bond acceptors (Lipinski definition) is 2. The molecule has 0 radical (unpaired) electrons. The molecule has 0 bridgehead atoms. The molecule has 3 aromatic carbocycles. The molecule has 1 heterocycles. The van der Waals surface area contributed by atoms with Gasteiger partial charge in [0.05, 0.1) is 11.0 Å². The minimum atomic E-state index is -0.442. The highest BCUT2D eigenvalue weighted by Crippen LogP contribution is 2.56. The summed E-state index contributed by atoms with van der Waals surface area (Å²) in [5.74, 6) is 1.02. The number of carbonyl (C=O) groups is 1. The van der Waals surface area contributed by atoms with Crippen LogP contribution in [0, 0.1) is 12.3 Å². The standard InChI is InChI=1S/C24H21BrO2/c1-15-13-20-21(19-10-3-2-9-18(15)19)27-23(16-7-6-8-17(25)14-16)24(22(20)26)11-4-5-12-24/h2-3,6-10,13-14,23H,4-5,11-12H2,1H3. The van der Waals surface area contributed by atoms with Crippen LogP contribution in [-0.4, -0.2) is 5.78 Å². The maximum absolute atomic E-state index is 13.8. The molecule has 5 rings (SSSR count). The number of ether oxygens (including phenoxy) is 1. The molecule has 1 fully saturated rings. The van der Waals surface area contributed by atoms with Gasteiger partial charge in [0, 0.05) is 9.86 Å². The van der Waals surface area contributed by atoms with Crippen LogP contribution in [0.5, 0.6) is 5.75 Å². The highest BCUT2D eigenvalue weighted by Gasteiger charge is 2.53. The lowest BCUT2D eigenvalue weighted by Gasteiger charge is -2.41. The summed E-state index contributed by atoms with van der Waals surface area (Å²) in [4.78, 5) is 13.8. The molecule has 3 heteroatoms. The SMILES string of the molecule is Cc1cc2c(c3ccccc13)OC(c1cccc(Br)c1)C1(CCCC1)C2=O. The van der Waals surface area contributed by atoms with E-state index in [1.54, 1.807) is 0 Å². The molecular formula is C24H21BrO2. The summed E-state index contributed by atoms with van der Waals surface area (Å²) in [5, 5.41) is 2.19. The van der Waals surface area contributed by atoms with Gasteiger partial charge in [-0.15, -0.1) is 0 Å². The first-order chi connectivity index (χ1) is 13.1. The molecule has 1 aliphatic heterocycles. The van der Waals surface area contributed by atoms with Crippen molar-refractivity contribution in [1.29, 1.82) is 0 Å². The van der Waals surface area contributed by atoms with E-state index >= 15 is 0 Å². The molecule has 136 valence electrons. The summed E-state index contributed by atoms with van der Waals surface area (Å²) in [5.41, 5.74) is 2.53. The van der Waals surface area contributed by atoms with Crippen molar-refractivity contribution in [3.63, 3.8) is 0 Å². The van der Waals surface area contributed by atoms with Crippen molar-refractivity contribution in [1.82, 2.24) is 0 Å². The second kappa shape index (κ2) is 6.20. The number of ketones is 1. The summed E-state index contributed by atoms with van der Waals surface area (Å²) >= 11 is 3.58. The number of hydrogen-bond donors (Lipinski definition) is 0. The van der Waals surface area contributed by atoms with Crippen LogP contribution in [0.25, 0.3) is 10.8 Å². The van der Waals surface area contributed by atoms with Crippen LogP contribution in [0.15, 0.2) is 59.1 Å². The number of aryl methyl sites for hydroxylation is 1. The smallest absolute Gasteiger partial charge is 0.176 e. The number of halogens is 1. The number of Topliss-reactive ketones (excluding diaryl/α,β-unsaturated/α-hetero) is 1. The van der Waals surface area contributed by atoms with Crippen molar-refractivity contribution in [2.75, 3.05) is 0 Å². The van der Waals surface area contributed by atoms with Crippen molar-refractivity contribution in [2.45, 2.75) is 38.7 Å². The molecule has 1 atom stereocenters. The van der Waals surface area contributed by atoms with Gasteiger partial charge in [0.15, 0.2) is 5.78 Å². The lowest BCUT2D eigenvalue weighted by molar-refractivity contribution is 0.0276. The quantitative estimate of drug-likeness (QED) is 0.433. The Morgan fingerprint density at radius 1 is 1.00 bits per heavy atom. The molecule has 0 amide bonds. The van der Waals surface area contributed by atoms with Crippen LogP contribution in [0.4, 0.5) is 0 Å². The van der Waals surface area contributed by atoms with E-state index in [0.717, 1.165) is 63.4 Å². The number of benzene rings is 3. The zero-order chi connectivity index (χ0) is 18.6. The maximum atomic E-state index is 13.8. The van der Waals surface area contributed by atoms with Crippen LogP contribution in [-0.2, 0) is 0 Å². The minimum Gasteiger partial charge on any atom is -0.483 e. The number of rotatable bonds is 1. The van der Waals surface area contributed by atoms with E-state index in [1.807, 2.05) is 30.3 Å². The van der Waals surface area contributed by atoms with E-state index in [1.165, 1.54) is 0 Å². The molecule has 2 nitrogen and oxygen atoms in total. The molecule has 0 N–H and O–H groups in total. The van der Waals surface area contributed by atoms with Gasteiger partial charge in [0.25, 0.3) is 0 Å². The molecule has 1 aliphatic carbocycles. The highest BCUT2D eigenvalue weighted by molar-refractivity contribution is 9.10. The van der Waals surface area contributed by atoms with Crippen molar-refractivity contribution in [3.8, 4) is 5.75 Å². The average Bonchev–Trinajstić information content (AvgIpc) is 3.16. The predicted octanol–water partition coefficient (Wildman–Crippen LogP) is 6.79. The van der Waals surface area contributed by atoms with E-state index in [9.17, 15) is 4.79 Å². The van der Waals surface area contributed by atoms with Gasteiger partial charge < -0.3 is 4.74 Å². The van der Waals surface area contributed by atoms with Crippen molar-refractivity contribution in [3.05, 3.63) is 75.8 Å². The Bertz CT molecular complexity index is 1060. The Kier molecular flexibility index (Phi) is 3.90. The Labute approximate surface area is 167 Å². The minimum absolute atomic E-state index is 0.233. The first-order valence-corrected chi connectivity index (χ1v) is 10.4. The molecule has 0 aromatic heterocycles. The summed E-state index contributed by atoms with van der Waals surface area (Å²) < 4.78 is 7.73. The van der Waals surface area contributed by atoms with Crippen molar-refractivity contribution < 1.29 is 9.53 Å². The van der Waals surface area contributed by atoms with Gasteiger partial charge in [-0.3, -0.25) is 4.79 Å². The molecule has 1 unspecified atom stereocenters.